The summed E-state index contributed by atoms with van der Waals surface area (Å²) in [7, 11) is 0. The molecule has 0 amide bonds. The Balaban J connectivity index is 1.95. The number of nitrogens with one attached hydrogen (secondary N) is 1. The molecule has 0 aromatic heterocycles. The smallest absolute Gasteiger partial charge is 0.00694 e. The summed E-state index contributed by atoms with van der Waals surface area (Å²) in [4.78, 5) is 0. The molecule has 1 nitrogen and oxygen atoms in total. The lowest BCUT2D eigenvalue weighted by atomic mass is 9.80. The lowest BCUT2D eigenvalue weighted by Crippen LogP contribution is -2.41. The molecule has 1 saturated carbocycles. The van der Waals surface area contributed by atoms with Crippen molar-refractivity contribution in [2.75, 3.05) is 0 Å². The first-order valence-corrected chi connectivity index (χ1v) is 7.50. The SMILES string of the molecule is CCCCCCCC(C)NC(C)C1CCC1. The third kappa shape index (κ3) is 5.34. The first-order valence-electron chi connectivity index (χ1n) is 7.50. The number of rotatable bonds is 9. The molecule has 0 aromatic carbocycles. The van der Waals surface area contributed by atoms with Gasteiger partial charge in [0, 0.05) is 12.1 Å². The van der Waals surface area contributed by atoms with E-state index in [0.717, 1.165) is 18.0 Å². The van der Waals surface area contributed by atoms with Crippen LogP contribution in [0.25, 0.3) is 0 Å². The Morgan fingerprint density at radius 1 is 1.06 bits per heavy atom. The van der Waals surface area contributed by atoms with Crippen LogP contribution in [0.3, 0.4) is 0 Å². The highest BCUT2D eigenvalue weighted by Crippen LogP contribution is 2.29. The molecule has 2 atom stereocenters. The molecule has 1 heteroatoms. The van der Waals surface area contributed by atoms with Gasteiger partial charge in [0.1, 0.15) is 0 Å². The molecule has 2 unspecified atom stereocenters. The Bertz CT molecular complexity index is 163. The molecule has 1 fully saturated rings. The lowest BCUT2D eigenvalue weighted by molar-refractivity contribution is 0.226. The molecule has 0 bridgehead atoms. The maximum Gasteiger partial charge on any atom is 0.00694 e. The molecular formula is C15H31N. The quantitative estimate of drug-likeness (QED) is 0.569. The van der Waals surface area contributed by atoms with E-state index in [2.05, 4.69) is 26.1 Å². The summed E-state index contributed by atoms with van der Waals surface area (Å²) in [6.45, 7) is 7.01. The molecule has 96 valence electrons. The Hall–Kier alpha value is -0.0400. The fourth-order valence-electron chi connectivity index (χ4n) is 2.66. The van der Waals surface area contributed by atoms with E-state index >= 15 is 0 Å². The van der Waals surface area contributed by atoms with E-state index in [1.807, 2.05) is 0 Å². The average molecular weight is 225 g/mol. The summed E-state index contributed by atoms with van der Waals surface area (Å²) in [5.41, 5.74) is 0. The highest BCUT2D eigenvalue weighted by Gasteiger charge is 2.24. The van der Waals surface area contributed by atoms with Gasteiger partial charge in [0.2, 0.25) is 0 Å². The Morgan fingerprint density at radius 2 is 1.75 bits per heavy atom. The van der Waals surface area contributed by atoms with Gasteiger partial charge in [0.25, 0.3) is 0 Å². The normalized spacial score (nSPS) is 20.4. The monoisotopic (exact) mass is 225 g/mol. The standard InChI is InChI=1S/C15H31N/c1-4-5-6-7-8-10-13(2)16-14(3)15-11-9-12-15/h13-16H,4-12H2,1-3H3. The number of hydrogen-bond donors (Lipinski definition) is 1. The molecule has 1 N–H and O–H groups in total. The molecule has 0 saturated heterocycles. The van der Waals surface area contributed by atoms with Crippen molar-refractivity contribution in [1.82, 2.24) is 5.32 Å². The summed E-state index contributed by atoms with van der Waals surface area (Å²) in [6, 6.07) is 1.47. The van der Waals surface area contributed by atoms with Gasteiger partial charge < -0.3 is 5.32 Å². The first-order chi connectivity index (χ1) is 7.74. The van der Waals surface area contributed by atoms with Gasteiger partial charge in [0.05, 0.1) is 0 Å². The number of unbranched alkanes of at least 4 members (excludes halogenated alkanes) is 4. The second kappa shape index (κ2) is 8.11. The molecule has 1 aliphatic rings. The van der Waals surface area contributed by atoms with Crippen molar-refractivity contribution in [3.8, 4) is 0 Å². The van der Waals surface area contributed by atoms with Gasteiger partial charge >= 0.3 is 0 Å². The second-order valence-electron chi connectivity index (χ2n) is 5.75. The highest BCUT2D eigenvalue weighted by atomic mass is 14.9. The van der Waals surface area contributed by atoms with Crippen LogP contribution in [0.15, 0.2) is 0 Å². The minimum absolute atomic E-state index is 0.720. The highest BCUT2D eigenvalue weighted by molar-refractivity contribution is 4.81. The molecule has 0 radical (unpaired) electrons. The summed E-state index contributed by atoms with van der Waals surface area (Å²) >= 11 is 0. The van der Waals surface area contributed by atoms with E-state index in [9.17, 15) is 0 Å². The van der Waals surface area contributed by atoms with Crippen molar-refractivity contribution in [3.05, 3.63) is 0 Å². The average Bonchev–Trinajstić information content (AvgIpc) is 2.14. The minimum Gasteiger partial charge on any atom is -0.312 e. The van der Waals surface area contributed by atoms with Crippen LogP contribution in [0, 0.1) is 5.92 Å². The zero-order valence-electron chi connectivity index (χ0n) is 11.6. The summed E-state index contributed by atoms with van der Waals surface area (Å²) in [5.74, 6) is 0.975. The van der Waals surface area contributed by atoms with E-state index < -0.39 is 0 Å². The molecule has 1 aliphatic carbocycles. The molecule has 0 spiro atoms. The van der Waals surface area contributed by atoms with Gasteiger partial charge in [0.15, 0.2) is 0 Å². The van der Waals surface area contributed by atoms with Gasteiger partial charge in [-0.1, -0.05) is 45.4 Å². The topological polar surface area (TPSA) is 12.0 Å². The lowest BCUT2D eigenvalue weighted by Gasteiger charge is -2.34. The van der Waals surface area contributed by atoms with Crippen LogP contribution in [-0.2, 0) is 0 Å². The van der Waals surface area contributed by atoms with Crippen LogP contribution in [-0.4, -0.2) is 12.1 Å². The van der Waals surface area contributed by atoms with Crippen LogP contribution in [0.4, 0.5) is 0 Å². The molecule has 16 heavy (non-hydrogen) atoms. The summed E-state index contributed by atoms with van der Waals surface area (Å²) < 4.78 is 0. The van der Waals surface area contributed by atoms with Gasteiger partial charge in [-0.05, 0) is 39.0 Å². The van der Waals surface area contributed by atoms with Crippen molar-refractivity contribution in [2.45, 2.75) is 90.6 Å². The van der Waals surface area contributed by atoms with Gasteiger partial charge in [-0.15, -0.1) is 0 Å². The second-order valence-corrected chi connectivity index (χ2v) is 5.75. The molecular weight excluding hydrogens is 194 g/mol. The largest absolute Gasteiger partial charge is 0.312 e. The van der Waals surface area contributed by atoms with E-state index in [-0.39, 0.29) is 0 Å². The molecule has 0 aliphatic heterocycles. The van der Waals surface area contributed by atoms with Crippen molar-refractivity contribution in [1.29, 1.82) is 0 Å². The van der Waals surface area contributed by atoms with Crippen molar-refractivity contribution < 1.29 is 0 Å². The van der Waals surface area contributed by atoms with E-state index in [1.165, 1.54) is 57.8 Å². The fraction of sp³-hybridized carbons (Fsp3) is 1.00. The Labute approximate surface area is 102 Å². The molecule has 1 rings (SSSR count). The van der Waals surface area contributed by atoms with Crippen molar-refractivity contribution >= 4 is 0 Å². The van der Waals surface area contributed by atoms with Crippen LogP contribution >= 0.6 is 0 Å². The van der Waals surface area contributed by atoms with Gasteiger partial charge in [-0.3, -0.25) is 0 Å². The molecule has 0 heterocycles. The van der Waals surface area contributed by atoms with Crippen molar-refractivity contribution in [2.24, 2.45) is 5.92 Å². The van der Waals surface area contributed by atoms with E-state index in [0.29, 0.717) is 0 Å². The zero-order valence-corrected chi connectivity index (χ0v) is 11.6. The van der Waals surface area contributed by atoms with Crippen molar-refractivity contribution in [3.63, 3.8) is 0 Å². The summed E-state index contributed by atoms with van der Waals surface area (Å²) in [6.07, 6.45) is 12.8. The predicted octanol–water partition coefficient (Wildman–Crippen LogP) is 4.51. The zero-order chi connectivity index (χ0) is 11.8. The van der Waals surface area contributed by atoms with Crippen LogP contribution < -0.4 is 5.32 Å². The van der Waals surface area contributed by atoms with Crippen LogP contribution in [0.5, 0.6) is 0 Å². The maximum absolute atomic E-state index is 3.77. The molecule has 0 aromatic rings. The Kier molecular flexibility index (Phi) is 7.11. The van der Waals surface area contributed by atoms with Gasteiger partial charge in [-0.25, -0.2) is 0 Å². The van der Waals surface area contributed by atoms with Gasteiger partial charge in [-0.2, -0.15) is 0 Å². The first kappa shape index (κ1) is 14.0. The number of hydrogen-bond acceptors (Lipinski definition) is 1. The third-order valence-corrected chi connectivity index (χ3v) is 4.15. The maximum atomic E-state index is 3.77. The fourth-order valence-corrected chi connectivity index (χ4v) is 2.66. The van der Waals surface area contributed by atoms with Crippen LogP contribution in [0.2, 0.25) is 0 Å². The van der Waals surface area contributed by atoms with E-state index in [1.54, 1.807) is 0 Å². The Morgan fingerprint density at radius 3 is 2.31 bits per heavy atom. The van der Waals surface area contributed by atoms with E-state index in [4.69, 9.17) is 0 Å². The summed E-state index contributed by atoms with van der Waals surface area (Å²) in [5, 5.41) is 3.77. The van der Waals surface area contributed by atoms with Crippen LogP contribution in [0.1, 0.15) is 78.6 Å². The minimum atomic E-state index is 0.720. The third-order valence-electron chi connectivity index (χ3n) is 4.15. The predicted molar refractivity (Wildman–Crippen MR) is 72.8 cm³/mol.